The van der Waals surface area contributed by atoms with E-state index in [1.165, 1.54) is 96.1 Å². The van der Waals surface area contributed by atoms with E-state index in [2.05, 4.69) is 153 Å². The fourth-order valence-electron chi connectivity index (χ4n) is 14.7. The highest BCUT2D eigenvalue weighted by Crippen LogP contribution is 2.40. The van der Waals surface area contributed by atoms with Crippen LogP contribution in [0.25, 0.3) is 0 Å². The molecule has 20 atom stereocenters. The largest absolute Gasteiger partial charge is 0.695 e. The van der Waals surface area contributed by atoms with Gasteiger partial charge in [0.15, 0.2) is 0 Å². The number of rotatable bonds is 26. The van der Waals surface area contributed by atoms with Gasteiger partial charge in [0.25, 0.3) is 0 Å². The van der Waals surface area contributed by atoms with Crippen molar-refractivity contribution in [3.63, 3.8) is 0 Å². The molecule has 6 aromatic heterocycles. The number of halogens is 4. The van der Waals surface area contributed by atoms with E-state index in [4.69, 9.17) is 88.9 Å². The van der Waals surface area contributed by atoms with E-state index in [1.807, 2.05) is 6.92 Å². The Balaban J connectivity index is 0.000000276. The lowest BCUT2D eigenvalue weighted by atomic mass is 9.96. The van der Waals surface area contributed by atoms with Crippen LogP contribution in [0.4, 0.5) is 0 Å². The molecule has 6 aliphatic carbocycles. The van der Waals surface area contributed by atoms with Crippen LogP contribution < -0.4 is 23.7 Å². The van der Waals surface area contributed by atoms with Crippen molar-refractivity contribution in [1.82, 2.24) is 69.6 Å². The topological polar surface area (TPSA) is 381 Å². The van der Waals surface area contributed by atoms with Gasteiger partial charge >= 0.3 is 16.5 Å². The molecule has 0 saturated heterocycles. The molecule has 6 saturated carbocycles. The third kappa shape index (κ3) is 39.8. The van der Waals surface area contributed by atoms with E-state index < -0.39 is 22.6 Å². The number of hydrogen-bond acceptors (Lipinski definition) is 27. The van der Waals surface area contributed by atoms with Crippen LogP contribution >= 0.6 is 62.9 Å². The summed E-state index contributed by atoms with van der Waals surface area (Å²) in [6.07, 6.45) is 27.6. The molecular formula is C79H126Cl4N14O15P2+2. The summed E-state index contributed by atoms with van der Waals surface area (Å²) in [7, 11) is -5.22. The van der Waals surface area contributed by atoms with Gasteiger partial charge in [0.1, 0.15) is 101 Å². The van der Waals surface area contributed by atoms with Crippen LogP contribution in [-0.4, -0.2) is 207 Å². The maximum Gasteiger partial charge on any atom is 0.695 e. The minimum Gasteiger partial charge on any atom is -0.474 e. The number of aliphatic hydroxyl groups is 4. The lowest BCUT2D eigenvalue weighted by Gasteiger charge is -2.13. The zero-order chi connectivity index (χ0) is 83.9. The highest BCUT2D eigenvalue weighted by molar-refractivity contribution is 7.32. The van der Waals surface area contributed by atoms with Crippen LogP contribution in [0.5, 0.6) is 29.4 Å². The zero-order valence-electron chi connectivity index (χ0n) is 68.5. The van der Waals surface area contributed by atoms with Gasteiger partial charge in [0.05, 0.1) is 18.3 Å². The standard InChI is InChI=1S/C12H17ClN2O.C11H15ClN2O2.C11H15N2O4P.C11H16N2O2.C10H13N2O5P.C8H16O.2C6H15N.C4H2Cl2N2/c1-3-9-5-10(4-8(9)2)16-12-6-11(13)14-7-15-12;1-2-7-3-8(4-9(7)15)16-11-5-10(12)13-6-14-11;1-2-8-5-9(6-10(8)17-18(14)15)16-11-3-4-12-7-13-11;1-2-8-5-9(6-10(8)14)15-11-3-4-12-7-13-11;13-5-7-3-8(4-9(7)17-18(14)15)16-10-1-2-11-6-12-10;1-3-7-5-8(9)4-6(7)2;2*1-4-7(5-2)6-3;5-3-1-4(6)8-2-7-3/h6-10H,3-5H2,1-2H3;5-9,15H,2-4H2,1H3;3-4,7-10H,2,5-6H2,1H3;3-4,7-10,14H,2,5-6H2,1H3;1-2,6-9,13H,3-5H2;6-9H,3-5H2,1-2H3;2*4-6H2,1-3H3;1-2H/p+2/t8-,9-,10-;7-,8+,9-;2*8-,9+,10-;7-,8-,9+;6-,7-,8-;;;/m000010.../s1. The lowest BCUT2D eigenvalue weighted by molar-refractivity contribution is 0.105. The zero-order valence-corrected chi connectivity index (χ0v) is 73.4. The van der Waals surface area contributed by atoms with Crippen LogP contribution in [0.1, 0.15) is 199 Å². The van der Waals surface area contributed by atoms with E-state index in [1.54, 1.807) is 48.9 Å². The summed E-state index contributed by atoms with van der Waals surface area (Å²) in [5, 5.41) is 39.4. The van der Waals surface area contributed by atoms with Crippen LogP contribution in [0.3, 0.4) is 0 Å². The number of aliphatic hydroxyl groups excluding tert-OH is 4. The van der Waals surface area contributed by atoms with Crippen molar-refractivity contribution in [2.45, 2.75) is 260 Å². The maximum absolute atomic E-state index is 10.7. The number of hydrogen-bond donors (Lipinski definition) is 6. The fraction of sp³-hybridized carbons (Fsp3) is 0.696. The highest BCUT2D eigenvalue weighted by Gasteiger charge is 2.43. The summed E-state index contributed by atoms with van der Waals surface area (Å²) in [4.78, 5) is 68.6. The predicted octanol–water partition coefficient (Wildman–Crippen LogP) is 15.8. The van der Waals surface area contributed by atoms with Gasteiger partial charge < -0.3 is 53.9 Å². The second kappa shape index (κ2) is 57.5. The van der Waals surface area contributed by atoms with E-state index in [0.717, 1.165) is 87.9 Å². The third-order valence-corrected chi connectivity index (χ3v) is 23.1. The first-order chi connectivity index (χ1) is 54.8. The molecule has 6 aromatic rings. The Bertz CT molecular complexity index is 3330. The van der Waals surface area contributed by atoms with Gasteiger partial charge in [-0.3, -0.25) is 0 Å². The third-order valence-electron chi connectivity index (χ3n) is 21.3. The second-order valence-corrected chi connectivity index (χ2v) is 31.6. The maximum atomic E-state index is 10.7. The van der Waals surface area contributed by atoms with Crippen molar-refractivity contribution in [1.29, 1.82) is 0 Å². The highest BCUT2D eigenvalue weighted by atomic mass is 35.5. The fourth-order valence-corrected chi connectivity index (χ4v) is 16.3. The molecule has 2 unspecified atom stereocenters. The normalized spacial score (nSPS) is 26.5. The van der Waals surface area contributed by atoms with Crippen LogP contribution in [0, 0.1) is 47.3 Å². The molecule has 0 spiro atoms. The smallest absolute Gasteiger partial charge is 0.474 e. The Kier molecular flexibility index (Phi) is 50.9. The predicted molar refractivity (Wildman–Crippen MR) is 442 cm³/mol. The van der Waals surface area contributed by atoms with Gasteiger partial charge in [0.2, 0.25) is 29.4 Å². The summed E-state index contributed by atoms with van der Waals surface area (Å²) < 4.78 is 59.8. The van der Waals surface area contributed by atoms with Gasteiger partial charge in [-0.1, -0.05) is 169 Å². The SMILES string of the molecule is CCN(CC)CC.CCN(CC)CC.CC[C@H]1C[C@@H](O)C[C@@H]1C.CC[C@H]1C[C@@H](Oc2cc(Cl)ncn2)C[C@@H]1C.CC[C@H]1C[C@@H](Oc2cc(Cl)ncn2)C[C@@H]1O.CC[C@H]1C[C@@H](Oc2ccncn2)C[C@@H]1O.CC[C@H]1C[C@@H](Oc2ccncn2)C[C@@H]1O[P+](=O)O.Clc1cc(Cl)ncn1.O=[P+](O)O[C@H]1C[C@H](Oc2ccncn2)C[C@@H]1CO. The Labute approximate surface area is 696 Å². The summed E-state index contributed by atoms with van der Waals surface area (Å²) in [5.41, 5.74) is 0. The lowest BCUT2D eigenvalue weighted by Crippen LogP contribution is -2.21. The first-order valence-electron chi connectivity index (χ1n) is 40.2. The average Bonchev–Trinajstić information content (AvgIpc) is 1.67. The van der Waals surface area contributed by atoms with Crippen molar-refractivity contribution in [2.24, 2.45) is 47.3 Å². The molecule has 6 aliphatic rings. The van der Waals surface area contributed by atoms with Crippen molar-refractivity contribution in [3.05, 3.63) is 114 Å². The minimum atomic E-state index is -2.66. The summed E-state index contributed by atoms with van der Waals surface area (Å²) in [6, 6.07) is 9.81. The number of aromatic nitrogens is 12. The Hall–Kier alpha value is -5.56. The van der Waals surface area contributed by atoms with Crippen molar-refractivity contribution in [3.8, 4) is 29.4 Å². The Morgan fingerprint density at radius 3 is 0.939 bits per heavy atom. The number of ether oxygens (including phenoxy) is 5. The molecule has 638 valence electrons. The van der Waals surface area contributed by atoms with Crippen LogP contribution in [-0.2, 0) is 18.2 Å². The van der Waals surface area contributed by atoms with E-state index in [0.29, 0.717) is 94.0 Å². The Morgan fingerprint density at radius 1 is 0.368 bits per heavy atom. The van der Waals surface area contributed by atoms with Gasteiger partial charge in [-0.05, 0) is 132 Å². The van der Waals surface area contributed by atoms with Gasteiger partial charge in [-0.25, -0.2) is 59.8 Å². The van der Waals surface area contributed by atoms with Crippen molar-refractivity contribution >= 4 is 62.9 Å². The molecule has 114 heavy (non-hydrogen) atoms. The average molecular weight is 1720 g/mol. The van der Waals surface area contributed by atoms with Crippen LogP contribution in [0.15, 0.2) is 93.0 Å². The molecule has 12 rings (SSSR count). The van der Waals surface area contributed by atoms with Gasteiger partial charge in [-0.2, -0.15) is 0 Å². The molecule has 6 fully saturated rings. The summed E-state index contributed by atoms with van der Waals surface area (Å²) >= 11 is 22.3. The molecular weight excluding hydrogens is 1590 g/mol. The van der Waals surface area contributed by atoms with E-state index in [9.17, 15) is 29.6 Å². The molecule has 0 aliphatic heterocycles. The number of nitrogens with zero attached hydrogens (tertiary/aromatic N) is 14. The quantitative estimate of drug-likeness (QED) is 0.0217. The molecule has 0 amide bonds. The van der Waals surface area contributed by atoms with Crippen molar-refractivity contribution in [2.75, 3.05) is 45.9 Å². The first kappa shape index (κ1) is 101. The molecule has 0 radical (unpaired) electrons. The van der Waals surface area contributed by atoms with E-state index >= 15 is 0 Å². The molecule has 6 N–H and O–H groups in total. The van der Waals surface area contributed by atoms with Crippen LogP contribution in [0.2, 0.25) is 20.6 Å². The Morgan fingerprint density at radius 2 is 0.667 bits per heavy atom. The van der Waals surface area contributed by atoms with E-state index in [-0.39, 0.29) is 73.4 Å². The van der Waals surface area contributed by atoms with Gasteiger partial charge in [-0.15, -0.1) is 18.8 Å². The second-order valence-electron chi connectivity index (χ2n) is 28.7. The summed E-state index contributed by atoms with van der Waals surface area (Å²) in [6.45, 7) is 35.4. The summed E-state index contributed by atoms with van der Waals surface area (Å²) in [5.74, 6) is 6.48. The monoisotopic (exact) mass is 1710 g/mol. The molecule has 0 aromatic carbocycles. The molecule has 6 heterocycles. The van der Waals surface area contributed by atoms with Crippen molar-refractivity contribution < 1.29 is 72.1 Å². The molecule has 35 heteroatoms. The minimum absolute atomic E-state index is 0.00458. The molecule has 0 bridgehead atoms. The molecule has 29 nitrogen and oxygen atoms in total. The van der Waals surface area contributed by atoms with Gasteiger partial charge in [0, 0.05) is 102 Å². The first-order valence-corrected chi connectivity index (χ1v) is 44.0.